The molecule has 0 spiro atoms. The van der Waals surface area contributed by atoms with Crippen LogP contribution < -0.4 is 4.74 Å². The van der Waals surface area contributed by atoms with Crippen LogP contribution in [0.25, 0.3) is 23.0 Å². The minimum Gasteiger partial charge on any atom is -0.471 e. The zero-order chi connectivity index (χ0) is 25.4. The van der Waals surface area contributed by atoms with Crippen LogP contribution in [0.2, 0.25) is 0 Å². The van der Waals surface area contributed by atoms with Gasteiger partial charge < -0.3 is 9.26 Å². The molecule has 0 aromatic carbocycles. The Hall–Kier alpha value is -4.69. The zero-order valence-electron chi connectivity index (χ0n) is 18.9. The Bertz CT molecular complexity index is 1510. The summed E-state index contributed by atoms with van der Waals surface area (Å²) in [6.45, 7) is 0.376. The van der Waals surface area contributed by atoms with E-state index in [0.29, 0.717) is 29.2 Å². The van der Waals surface area contributed by atoms with E-state index >= 15 is 0 Å². The summed E-state index contributed by atoms with van der Waals surface area (Å²) in [6, 6.07) is 7.72. The van der Waals surface area contributed by atoms with Crippen molar-refractivity contribution in [2.75, 3.05) is 0 Å². The molecule has 1 saturated carbocycles. The van der Waals surface area contributed by atoms with Gasteiger partial charge in [-0.3, -0.25) is 4.68 Å². The maximum Gasteiger partial charge on any atom is 0.417 e. The molecule has 15 heteroatoms. The predicted octanol–water partition coefficient (Wildman–Crippen LogP) is 3.36. The van der Waals surface area contributed by atoms with E-state index in [-0.39, 0.29) is 30.2 Å². The number of hydrogen-bond donors (Lipinski definition) is 0. The van der Waals surface area contributed by atoms with Crippen molar-refractivity contribution in [3.63, 3.8) is 0 Å². The maximum absolute atomic E-state index is 12.8. The van der Waals surface area contributed by atoms with E-state index in [9.17, 15) is 13.2 Å². The molecule has 0 amide bonds. The molecule has 6 rings (SSSR count). The Balaban J connectivity index is 1.24. The van der Waals surface area contributed by atoms with E-state index in [4.69, 9.17) is 9.26 Å². The van der Waals surface area contributed by atoms with Gasteiger partial charge in [0.1, 0.15) is 18.6 Å². The maximum atomic E-state index is 12.8. The van der Waals surface area contributed by atoms with Crippen LogP contribution >= 0.6 is 0 Å². The molecule has 188 valence electrons. The van der Waals surface area contributed by atoms with Crippen molar-refractivity contribution < 1.29 is 22.4 Å². The lowest BCUT2D eigenvalue weighted by molar-refractivity contribution is -0.137. The van der Waals surface area contributed by atoms with Gasteiger partial charge in [-0.05, 0) is 41.5 Å². The molecule has 0 aliphatic heterocycles. The van der Waals surface area contributed by atoms with Gasteiger partial charge >= 0.3 is 6.18 Å². The number of tetrazole rings is 1. The summed E-state index contributed by atoms with van der Waals surface area (Å²) in [5.41, 5.74) is 1.57. The van der Waals surface area contributed by atoms with E-state index in [2.05, 4.69) is 40.7 Å². The molecule has 0 N–H and O–H groups in total. The number of ether oxygens (including phenoxy) is 1. The number of hydrogen-bond acceptors (Lipinski definition) is 10. The van der Waals surface area contributed by atoms with Crippen LogP contribution in [0.15, 0.2) is 53.6 Å². The van der Waals surface area contributed by atoms with Crippen LogP contribution in [-0.4, -0.2) is 50.1 Å². The molecule has 0 radical (unpaired) electrons. The van der Waals surface area contributed by atoms with Gasteiger partial charge in [-0.25, -0.2) is 14.6 Å². The van der Waals surface area contributed by atoms with Crippen molar-refractivity contribution in [1.29, 1.82) is 0 Å². The molecule has 0 unspecified atom stereocenters. The summed E-state index contributed by atoms with van der Waals surface area (Å²) in [7, 11) is 0. The van der Waals surface area contributed by atoms with Crippen LogP contribution in [0.1, 0.15) is 35.8 Å². The van der Waals surface area contributed by atoms with Gasteiger partial charge in [0.15, 0.2) is 0 Å². The topological polar surface area (TPSA) is 135 Å². The zero-order valence-corrected chi connectivity index (χ0v) is 18.9. The van der Waals surface area contributed by atoms with Gasteiger partial charge in [-0.1, -0.05) is 11.2 Å². The molecule has 0 bridgehead atoms. The average Bonchev–Trinajstić information content (AvgIpc) is 3.25. The third-order valence-corrected chi connectivity index (χ3v) is 5.62. The molecule has 37 heavy (non-hydrogen) atoms. The number of alkyl halides is 3. The van der Waals surface area contributed by atoms with Gasteiger partial charge in [0.2, 0.25) is 11.7 Å². The second kappa shape index (κ2) is 9.07. The smallest absolute Gasteiger partial charge is 0.417 e. The average molecular weight is 510 g/mol. The first-order chi connectivity index (χ1) is 17.9. The summed E-state index contributed by atoms with van der Waals surface area (Å²) in [5, 5.41) is 19.6. The Morgan fingerprint density at radius 2 is 1.97 bits per heavy atom. The molecular formula is C22H17F3N10O2. The molecule has 1 fully saturated rings. The van der Waals surface area contributed by atoms with Crippen molar-refractivity contribution in [3.8, 4) is 28.9 Å². The van der Waals surface area contributed by atoms with E-state index in [1.165, 1.54) is 17.1 Å². The minimum absolute atomic E-state index is 0.00157. The Kier molecular flexibility index (Phi) is 5.58. The molecule has 0 saturated heterocycles. The van der Waals surface area contributed by atoms with E-state index < -0.39 is 11.7 Å². The Labute approximate surface area is 206 Å². The van der Waals surface area contributed by atoms with Crippen LogP contribution in [0.3, 0.4) is 0 Å². The number of pyridine rings is 2. The standard InChI is InChI=1S/C22H17F3N10O2/c23-22(24,25)13-4-7-19(26-8-13)36-11-18-16(9-28-35(18)15-5-6-15)21-30-20(31-37-21)17-3-1-2-14(29-17)10-34-12-27-32-33-34/h1-4,7-9,12,15H,5-6,10-11H2. The van der Waals surface area contributed by atoms with E-state index in [1.54, 1.807) is 12.3 Å². The highest BCUT2D eigenvalue weighted by atomic mass is 19.4. The number of aromatic nitrogens is 10. The van der Waals surface area contributed by atoms with Crippen LogP contribution in [0, 0.1) is 0 Å². The summed E-state index contributed by atoms with van der Waals surface area (Å²) >= 11 is 0. The quantitative estimate of drug-likeness (QED) is 0.306. The van der Waals surface area contributed by atoms with E-state index in [1.807, 2.05) is 16.8 Å². The van der Waals surface area contributed by atoms with E-state index in [0.717, 1.165) is 25.1 Å². The largest absolute Gasteiger partial charge is 0.471 e. The highest BCUT2D eigenvalue weighted by Crippen LogP contribution is 2.38. The monoisotopic (exact) mass is 510 g/mol. The van der Waals surface area contributed by atoms with Crippen LogP contribution in [0.5, 0.6) is 5.88 Å². The van der Waals surface area contributed by atoms with Crippen molar-refractivity contribution in [2.24, 2.45) is 0 Å². The lowest BCUT2D eigenvalue weighted by atomic mass is 10.2. The van der Waals surface area contributed by atoms with Crippen LogP contribution in [-0.2, 0) is 19.3 Å². The van der Waals surface area contributed by atoms with Crippen LogP contribution in [0.4, 0.5) is 13.2 Å². The van der Waals surface area contributed by atoms with Gasteiger partial charge in [0.05, 0.1) is 41.3 Å². The third kappa shape index (κ3) is 4.87. The molecule has 5 aromatic rings. The lowest BCUT2D eigenvalue weighted by Crippen LogP contribution is -2.09. The number of nitrogens with zero attached hydrogens (tertiary/aromatic N) is 10. The highest BCUT2D eigenvalue weighted by Gasteiger charge is 2.32. The van der Waals surface area contributed by atoms with Crippen molar-refractivity contribution in [1.82, 2.24) is 50.1 Å². The van der Waals surface area contributed by atoms with Crippen molar-refractivity contribution in [2.45, 2.75) is 38.2 Å². The molecule has 5 heterocycles. The molecular weight excluding hydrogens is 493 g/mol. The van der Waals surface area contributed by atoms with Crippen molar-refractivity contribution in [3.05, 3.63) is 66.0 Å². The summed E-state index contributed by atoms with van der Waals surface area (Å²) in [4.78, 5) is 12.8. The molecule has 0 atom stereocenters. The summed E-state index contributed by atoms with van der Waals surface area (Å²) in [6.07, 6.45) is 1.28. The summed E-state index contributed by atoms with van der Waals surface area (Å²) in [5.74, 6) is 0.551. The summed E-state index contributed by atoms with van der Waals surface area (Å²) < 4.78 is 53.0. The highest BCUT2D eigenvalue weighted by molar-refractivity contribution is 5.59. The molecule has 1 aliphatic rings. The fourth-order valence-corrected chi connectivity index (χ4v) is 3.67. The first kappa shape index (κ1) is 22.8. The second-order valence-corrected chi connectivity index (χ2v) is 8.30. The van der Waals surface area contributed by atoms with Gasteiger partial charge in [0, 0.05) is 12.3 Å². The number of halogens is 3. The third-order valence-electron chi connectivity index (χ3n) is 5.62. The Morgan fingerprint density at radius 3 is 2.70 bits per heavy atom. The fourth-order valence-electron chi connectivity index (χ4n) is 3.67. The minimum atomic E-state index is -4.47. The van der Waals surface area contributed by atoms with Gasteiger partial charge in [-0.15, -0.1) is 5.10 Å². The Morgan fingerprint density at radius 1 is 1.08 bits per heavy atom. The first-order valence-corrected chi connectivity index (χ1v) is 11.2. The fraction of sp³-hybridized carbons (Fsp3) is 0.273. The normalized spacial score (nSPS) is 13.7. The lowest BCUT2D eigenvalue weighted by Gasteiger charge is -2.10. The van der Waals surface area contributed by atoms with Gasteiger partial charge in [0.25, 0.3) is 5.89 Å². The second-order valence-electron chi connectivity index (χ2n) is 8.30. The predicted molar refractivity (Wildman–Crippen MR) is 118 cm³/mol. The molecule has 12 nitrogen and oxygen atoms in total. The molecule has 1 aliphatic carbocycles. The molecule has 5 aromatic heterocycles. The number of rotatable bonds is 8. The van der Waals surface area contributed by atoms with Gasteiger partial charge in [-0.2, -0.15) is 23.3 Å². The first-order valence-electron chi connectivity index (χ1n) is 11.2. The van der Waals surface area contributed by atoms with Crippen molar-refractivity contribution >= 4 is 0 Å². The SMILES string of the molecule is FC(F)(F)c1ccc(OCc2c(-c3nc(-c4cccc(Cn5cnnn5)n4)no3)cnn2C2CC2)nc1.